The van der Waals surface area contributed by atoms with Crippen molar-refractivity contribution in [2.24, 2.45) is 0 Å². The van der Waals surface area contributed by atoms with E-state index in [1.54, 1.807) is 18.2 Å². The molecular weight excluding hydrogens is 544 g/mol. The van der Waals surface area contributed by atoms with Crippen LogP contribution < -0.4 is 0 Å². The van der Waals surface area contributed by atoms with Crippen molar-refractivity contribution in [1.82, 2.24) is 0 Å². The van der Waals surface area contributed by atoms with Crippen LogP contribution in [0.15, 0.2) is 174 Å². The molecule has 9 rings (SSSR count). The number of rotatable bonds is 4. The minimum Gasteiger partial charge on any atom is -0.456 e. The maximum atomic E-state index is 8.65. The normalized spacial score (nSPS) is 14.7. The maximum absolute atomic E-state index is 8.65. The minimum atomic E-state index is -0.445. The van der Waals surface area contributed by atoms with Crippen molar-refractivity contribution < 1.29 is 18.1 Å². The van der Waals surface area contributed by atoms with Gasteiger partial charge in [0.15, 0.2) is 0 Å². The van der Waals surface area contributed by atoms with Crippen molar-refractivity contribution in [1.29, 1.82) is 0 Å². The molecule has 0 atom stereocenters. The first-order valence-electron chi connectivity index (χ1n) is 19.6. The number of benzene rings is 8. The second-order valence-corrected chi connectivity index (χ2v) is 10.9. The molecule has 0 aliphatic rings. The molecule has 0 spiro atoms. The van der Waals surface area contributed by atoms with E-state index in [9.17, 15) is 0 Å². The quantitative estimate of drug-likeness (QED) is 0.188. The van der Waals surface area contributed by atoms with E-state index >= 15 is 0 Å². The van der Waals surface area contributed by atoms with Crippen LogP contribution in [-0.2, 0) is 0 Å². The molecule has 0 N–H and O–H groups in total. The summed E-state index contributed by atoms with van der Waals surface area (Å²) in [5, 5.41) is 5.27. The van der Waals surface area contributed by atoms with Crippen molar-refractivity contribution in [3.05, 3.63) is 170 Å². The van der Waals surface area contributed by atoms with Gasteiger partial charge in [0, 0.05) is 10.8 Å². The van der Waals surface area contributed by atoms with Crippen LogP contribution >= 0.6 is 0 Å². The van der Waals surface area contributed by atoms with Crippen molar-refractivity contribution in [2.45, 2.75) is 0 Å². The number of hydrogen-bond acceptors (Lipinski definition) is 1. The summed E-state index contributed by atoms with van der Waals surface area (Å²) in [6.07, 6.45) is 0. The Labute approximate surface area is 275 Å². The van der Waals surface area contributed by atoms with Gasteiger partial charge in [-0.05, 0) is 90.3 Å². The lowest BCUT2D eigenvalue weighted by Crippen LogP contribution is -1.91. The van der Waals surface area contributed by atoms with E-state index < -0.39 is 24.2 Å². The summed E-state index contributed by atoms with van der Waals surface area (Å²) in [6, 6.07) is 31.4. The molecule has 0 saturated heterocycles. The van der Waals surface area contributed by atoms with Crippen LogP contribution in [0.4, 0.5) is 0 Å². The molecular formula is C44H28O. The molecule has 0 saturated carbocycles. The van der Waals surface area contributed by atoms with Gasteiger partial charge < -0.3 is 4.42 Å². The Morgan fingerprint density at radius 2 is 0.933 bits per heavy atom. The van der Waals surface area contributed by atoms with E-state index in [1.807, 2.05) is 66.7 Å². The fourth-order valence-corrected chi connectivity index (χ4v) is 6.55. The Kier molecular flexibility index (Phi) is 4.01. The third-order valence-corrected chi connectivity index (χ3v) is 8.43. The first-order valence-corrected chi connectivity index (χ1v) is 14.6. The third-order valence-electron chi connectivity index (χ3n) is 8.43. The van der Waals surface area contributed by atoms with Gasteiger partial charge in [0.2, 0.25) is 0 Å². The molecule has 1 aromatic heterocycles. The largest absolute Gasteiger partial charge is 0.456 e. The van der Waals surface area contributed by atoms with Crippen molar-refractivity contribution in [3.63, 3.8) is 0 Å². The van der Waals surface area contributed by atoms with E-state index in [1.165, 1.54) is 0 Å². The monoisotopic (exact) mass is 582 g/mol. The predicted octanol–water partition coefficient (Wildman–Crippen LogP) is 12.6. The molecule has 0 fully saturated rings. The molecule has 0 aliphatic heterocycles. The van der Waals surface area contributed by atoms with Gasteiger partial charge in [0.25, 0.3) is 0 Å². The summed E-state index contributed by atoms with van der Waals surface area (Å²) in [6.45, 7) is 0. The molecule has 0 aliphatic carbocycles. The molecule has 1 heterocycles. The van der Waals surface area contributed by atoms with E-state index in [2.05, 4.69) is 24.3 Å². The Hall–Kier alpha value is -5.92. The highest BCUT2D eigenvalue weighted by molar-refractivity contribution is 6.22. The topological polar surface area (TPSA) is 13.1 Å². The van der Waals surface area contributed by atoms with Crippen LogP contribution in [0.5, 0.6) is 0 Å². The molecule has 0 bridgehead atoms. The average molecular weight is 583 g/mol. The molecule has 0 amide bonds. The highest BCUT2D eigenvalue weighted by Gasteiger charge is 2.19. The molecule has 9 aromatic rings. The molecule has 0 radical (unpaired) electrons. The summed E-state index contributed by atoms with van der Waals surface area (Å²) < 4.78 is 90.1. The Morgan fingerprint density at radius 1 is 0.378 bits per heavy atom. The van der Waals surface area contributed by atoms with Gasteiger partial charge in [0.05, 0.1) is 13.7 Å². The Bertz CT molecular complexity index is 3000. The highest BCUT2D eigenvalue weighted by atomic mass is 16.3. The van der Waals surface area contributed by atoms with Crippen molar-refractivity contribution >= 4 is 43.5 Å². The van der Waals surface area contributed by atoms with Crippen molar-refractivity contribution in [2.75, 3.05) is 0 Å². The summed E-state index contributed by atoms with van der Waals surface area (Å²) in [5.41, 5.74) is 6.02. The Morgan fingerprint density at radius 3 is 1.58 bits per heavy atom. The van der Waals surface area contributed by atoms with E-state index in [-0.39, 0.29) is 47.4 Å². The first kappa shape index (κ1) is 17.4. The zero-order chi connectivity index (χ0) is 38.4. The van der Waals surface area contributed by atoms with E-state index in [0.717, 1.165) is 49.2 Å². The highest BCUT2D eigenvalue weighted by Crippen LogP contribution is 2.45. The second-order valence-electron chi connectivity index (χ2n) is 10.9. The fourth-order valence-electron chi connectivity index (χ4n) is 6.55. The summed E-state index contributed by atoms with van der Waals surface area (Å²) >= 11 is 0. The van der Waals surface area contributed by atoms with Gasteiger partial charge in [-0.2, -0.15) is 0 Å². The third kappa shape index (κ3) is 4.17. The van der Waals surface area contributed by atoms with Crippen LogP contribution in [-0.4, -0.2) is 0 Å². The lowest BCUT2D eigenvalue weighted by atomic mass is 9.85. The van der Waals surface area contributed by atoms with Gasteiger partial charge in [-0.15, -0.1) is 0 Å². The smallest absolute Gasteiger partial charge is 0.136 e. The van der Waals surface area contributed by atoms with Gasteiger partial charge in [-0.25, -0.2) is 0 Å². The summed E-state index contributed by atoms with van der Waals surface area (Å²) in [7, 11) is 0. The standard InChI is InChI=1S/C44H28O/c1-3-13-29(14-4-1)31-17-11-18-32(27-31)42-35-19-7-9-21-37(35)43(38-22-10-8-20-36(38)42)33-25-26-39-41(28-33)45-40-24-12-23-34(44(39)40)30-15-5-2-6-16-30/h1-28H/i1D,2D,3D,4D,5D,6D,13D,14D,15D,16D. The molecule has 1 nitrogen and oxygen atoms in total. The van der Waals surface area contributed by atoms with E-state index in [0.29, 0.717) is 27.7 Å². The van der Waals surface area contributed by atoms with Crippen LogP contribution in [0, 0.1) is 0 Å². The second kappa shape index (κ2) is 10.4. The average Bonchev–Trinajstić information content (AvgIpc) is 3.58. The van der Waals surface area contributed by atoms with Crippen molar-refractivity contribution in [3.8, 4) is 44.5 Å². The molecule has 1 heteroatoms. The zero-order valence-corrected chi connectivity index (χ0v) is 23.8. The number of furan rings is 1. The van der Waals surface area contributed by atoms with Crippen LogP contribution in [0.3, 0.4) is 0 Å². The Balaban J connectivity index is 1.27. The molecule has 0 unspecified atom stereocenters. The minimum absolute atomic E-state index is 0.117. The van der Waals surface area contributed by atoms with Crippen LogP contribution in [0.2, 0.25) is 0 Å². The lowest BCUT2D eigenvalue weighted by Gasteiger charge is -2.18. The van der Waals surface area contributed by atoms with Crippen LogP contribution in [0.1, 0.15) is 13.7 Å². The first-order chi connectivity index (χ1) is 26.5. The van der Waals surface area contributed by atoms with Gasteiger partial charge >= 0.3 is 0 Å². The SMILES string of the molecule is [2H]c1c([2H])c([2H])c(-c2cccc(-c3c4ccccc4c(-c4ccc5c(c4)oc4cccc(-c6c([2H])c([2H])c([2H])c([2H])c6[2H])c45)c4ccccc34)c2)c([2H])c1[2H]. The van der Waals surface area contributed by atoms with Gasteiger partial charge in [0.1, 0.15) is 11.2 Å². The zero-order valence-electron chi connectivity index (χ0n) is 33.8. The molecule has 210 valence electrons. The number of fused-ring (bicyclic) bond motifs is 5. The lowest BCUT2D eigenvalue weighted by molar-refractivity contribution is 0.669. The van der Waals surface area contributed by atoms with Gasteiger partial charge in [-0.1, -0.05) is 145 Å². The van der Waals surface area contributed by atoms with Crippen LogP contribution in [0.25, 0.3) is 88.0 Å². The van der Waals surface area contributed by atoms with Gasteiger partial charge in [-0.3, -0.25) is 0 Å². The maximum Gasteiger partial charge on any atom is 0.136 e. The summed E-state index contributed by atoms with van der Waals surface area (Å²) in [4.78, 5) is 0. The summed E-state index contributed by atoms with van der Waals surface area (Å²) in [5.74, 6) is 0. The number of hydrogen-bond donors (Lipinski definition) is 0. The molecule has 45 heavy (non-hydrogen) atoms. The van der Waals surface area contributed by atoms with E-state index in [4.69, 9.17) is 18.1 Å². The predicted molar refractivity (Wildman–Crippen MR) is 190 cm³/mol. The molecule has 8 aromatic carbocycles. The fraction of sp³-hybridized carbons (Fsp3) is 0.